The summed E-state index contributed by atoms with van der Waals surface area (Å²) < 4.78 is 0. The molecule has 5 nitrogen and oxygen atoms in total. The van der Waals surface area contributed by atoms with E-state index < -0.39 is 0 Å². The van der Waals surface area contributed by atoms with Crippen molar-refractivity contribution in [2.45, 2.75) is 20.3 Å². The van der Waals surface area contributed by atoms with Crippen molar-refractivity contribution in [3.05, 3.63) is 24.0 Å². The third kappa shape index (κ3) is 4.70. The van der Waals surface area contributed by atoms with E-state index in [1.54, 1.807) is 6.20 Å². The molecule has 2 rings (SSSR count). The number of pyridine rings is 1. The summed E-state index contributed by atoms with van der Waals surface area (Å²) in [5, 5.41) is 2.96. The molecular formula is C16H26N4O. The summed E-state index contributed by atoms with van der Waals surface area (Å²) >= 11 is 0. The van der Waals surface area contributed by atoms with Gasteiger partial charge in [0.15, 0.2) is 0 Å². The molecule has 2 heterocycles. The van der Waals surface area contributed by atoms with Gasteiger partial charge in [0.2, 0.25) is 0 Å². The zero-order valence-electron chi connectivity index (χ0n) is 13.3. The number of amides is 1. The molecule has 1 saturated heterocycles. The SMILES string of the molecule is CC(C)CCNC(=O)c1cncc(N2CCN(C)CC2)c1. The van der Waals surface area contributed by atoms with E-state index in [-0.39, 0.29) is 5.91 Å². The van der Waals surface area contributed by atoms with Crippen LogP contribution in [0, 0.1) is 5.92 Å². The number of carbonyl (C=O) groups is 1. The largest absolute Gasteiger partial charge is 0.368 e. The summed E-state index contributed by atoms with van der Waals surface area (Å²) in [6, 6.07) is 1.95. The maximum absolute atomic E-state index is 12.1. The topological polar surface area (TPSA) is 48.5 Å². The minimum Gasteiger partial charge on any atom is -0.368 e. The lowest BCUT2D eigenvalue weighted by atomic mass is 10.1. The maximum atomic E-state index is 12.1. The predicted molar refractivity (Wildman–Crippen MR) is 85.7 cm³/mol. The van der Waals surface area contributed by atoms with Crippen molar-refractivity contribution in [2.24, 2.45) is 5.92 Å². The highest BCUT2D eigenvalue weighted by Crippen LogP contribution is 2.16. The van der Waals surface area contributed by atoms with Gasteiger partial charge in [0, 0.05) is 38.9 Å². The normalized spacial score (nSPS) is 16.3. The Morgan fingerprint density at radius 1 is 1.29 bits per heavy atom. The second kappa shape index (κ2) is 7.41. The fourth-order valence-electron chi connectivity index (χ4n) is 2.37. The van der Waals surface area contributed by atoms with Gasteiger partial charge in [-0.05, 0) is 25.5 Å². The highest BCUT2D eigenvalue weighted by molar-refractivity contribution is 5.94. The minimum absolute atomic E-state index is 0.0286. The van der Waals surface area contributed by atoms with Crippen LogP contribution in [0.15, 0.2) is 18.5 Å². The summed E-state index contributed by atoms with van der Waals surface area (Å²) in [5.74, 6) is 0.569. The van der Waals surface area contributed by atoms with Crippen LogP contribution < -0.4 is 10.2 Å². The number of nitrogens with one attached hydrogen (secondary N) is 1. The lowest BCUT2D eigenvalue weighted by Gasteiger charge is -2.33. The molecule has 0 radical (unpaired) electrons. The zero-order chi connectivity index (χ0) is 15.2. The van der Waals surface area contributed by atoms with Crippen molar-refractivity contribution in [3.8, 4) is 0 Å². The first-order valence-electron chi connectivity index (χ1n) is 7.73. The zero-order valence-corrected chi connectivity index (χ0v) is 13.3. The van der Waals surface area contributed by atoms with Gasteiger partial charge in [0.1, 0.15) is 0 Å². The van der Waals surface area contributed by atoms with Gasteiger partial charge in [0.05, 0.1) is 17.4 Å². The van der Waals surface area contributed by atoms with E-state index in [1.807, 2.05) is 12.3 Å². The van der Waals surface area contributed by atoms with Gasteiger partial charge in [-0.25, -0.2) is 0 Å². The van der Waals surface area contributed by atoms with Crippen LogP contribution >= 0.6 is 0 Å². The fraction of sp³-hybridized carbons (Fsp3) is 0.625. The van der Waals surface area contributed by atoms with Crippen LogP contribution in [0.5, 0.6) is 0 Å². The first kappa shape index (κ1) is 15.8. The van der Waals surface area contributed by atoms with Crippen LogP contribution in [0.1, 0.15) is 30.6 Å². The third-order valence-electron chi connectivity index (χ3n) is 3.86. The van der Waals surface area contributed by atoms with Gasteiger partial charge in [-0.2, -0.15) is 0 Å². The Labute approximate surface area is 127 Å². The predicted octanol–water partition coefficient (Wildman–Crippen LogP) is 1.61. The van der Waals surface area contributed by atoms with E-state index in [0.29, 0.717) is 11.5 Å². The Kier molecular flexibility index (Phi) is 5.56. The molecular weight excluding hydrogens is 264 g/mol. The number of likely N-dealkylation sites (N-methyl/N-ethyl adjacent to an activating group) is 1. The Morgan fingerprint density at radius 3 is 2.67 bits per heavy atom. The second-order valence-electron chi connectivity index (χ2n) is 6.16. The summed E-state index contributed by atoms with van der Waals surface area (Å²) in [7, 11) is 2.13. The highest BCUT2D eigenvalue weighted by Gasteiger charge is 2.16. The quantitative estimate of drug-likeness (QED) is 0.895. The molecule has 0 atom stereocenters. The molecule has 5 heteroatoms. The van der Waals surface area contributed by atoms with Crippen molar-refractivity contribution in [1.29, 1.82) is 0 Å². The van der Waals surface area contributed by atoms with Gasteiger partial charge >= 0.3 is 0 Å². The van der Waals surface area contributed by atoms with E-state index in [1.165, 1.54) is 0 Å². The average molecular weight is 290 g/mol. The van der Waals surface area contributed by atoms with Crippen molar-refractivity contribution >= 4 is 11.6 Å². The van der Waals surface area contributed by atoms with Gasteiger partial charge in [-0.3, -0.25) is 9.78 Å². The first-order valence-corrected chi connectivity index (χ1v) is 7.73. The number of hydrogen-bond acceptors (Lipinski definition) is 4. The van der Waals surface area contributed by atoms with E-state index >= 15 is 0 Å². The van der Waals surface area contributed by atoms with Gasteiger partial charge in [0.25, 0.3) is 5.91 Å². The van der Waals surface area contributed by atoms with Crippen LogP contribution in [-0.2, 0) is 0 Å². The molecule has 1 N–H and O–H groups in total. The van der Waals surface area contributed by atoms with Gasteiger partial charge < -0.3 is 15.1 Å². The van der Waals surface area contributed by atoms with Crippen LogP contribution in [0.25, 0.3) is 0 Å². The molecule has 1 aliphatic rings. The van der Waals surface area contributed by atoms with Crippen LogP contribution in [0.3, 0.4) is 0 Å². The number of rotatable bonds is 5. The molecule has 0 saturated carbocycles. The molecule has 0 unspecified atom stereocenters. The lowest BCUT2D eigenvalue weighted by molar-refractivity contribution is 0.0951. The molecule has 0 aliphatic carbocycles. The Bertz CT molecular complexity index is 467. The van der Waals surface area contributed by atoms with E-state index in [9.17, 15) is 4.79 Å². The van der Waals surface area contributed by atoms with E-state index in [0.717, 1.165) is 44.8 Å². The molecule has 0 aromatic carbocycles. The Hall–Kier alpha value is -1.62. The number of aromatic nitrogens is 1. The molecule has 116 valence electrons. The number of anilines is 1. The average Bonchev–Trinajstić information content (AvgIpc) is 2.47. The fourth-order valence-corrected chi connectivity index (χ4v) is 2.37. The molecule has 1 aliphatic heterocycles. The van der Waals surface area contributed by atoms with Crippen molar-refractivity contribution in [2.75, 3.05) is 44.7 Å². The second-order valence-corrected chi connectivity index (χ2v) is 6.16. The molecule has 1 aromatic rings. The monoisotopic (exact) mass is 290 g/mol. The summed E-state index contributed by atoms with van der Waals surface area (Å²) in [4.78, 5) is 21.0. The first-order chi connectivity index (χ1) is 10.1. The number of nitrogens with zero attached hydrogens (tertiary/aromatic N) is 3. The smallest absolute Gasteiger partial charge is 0.252 e. The summed E-state index contributed by atoms with van der Waals surface area (Å²) in [6.45, 7) is 9.08. The number of hydrogen-bond donors (Lipinski definition) is 1. The standard InChI is InChI=1S/C16H26N4O/c1-13(2)4-5-18-16(21)14-10-15(12-17-11-14)20-8-6-19(3)7-9-20/h10-13H,4-9H2,1-3H3,(H,18,21). The summed E-state index contributed by atoms with van der Waals surface area (Å²) in [5.41, 5.74) is 1.69. The minimum atomic E-state index is -0.0286. The van der Waals surface area contributed by atoms with Crippen LogP contribution in [0.2, 0.25) is 0 Å². The molecule has 0 spiro atoms. The third-order valence-corrected chi connectivity index (χ3v) is 3.86. The molecule has 1 amide bonds. The van der Waals surface area contributed by atoms with Gasteiger partial charge in [-0.1, -0.05) is 13.8 Å². The van der Waals surface area contributed by atoms with Crippen LogP contribution in [0.4, 0.5) is 5.69 Å². The highest BCUT2D eigenvalue weighted by atomic mass is 16.1. The van der Waals surface area contributed by atoms with Gasteiger partial charge in [-0.15, -0.1) is 0 Å². The van der Waals surface area contributed by atoms with E-state index in [4.69, 9.17) is 0 Å². The van der Waals surface area contributed by atoms with Crippen LogP contribution in [-0.4, -0.2) is 55.6 Å². The molecule has 1 fully saturated rings. The molecule has 0 bridgehead atoms. The van der Waals surface area contributed by atoms with Crippen molar-refractivity contribution in [3.63, 3.8) is 0 Å². The maximum Gasteiger partial charge on any atom is 0.252 e. The number of piperazine rings is 1. The Balaban J connectivity index is 1.95. The lowest BCUT2D eigenvalue weighted by Crippen LogP contribution is -2.44. The van der Waals surface area contributed by atoms with Crippen molar-refractivity contribution < 1.29 is 4.79 Å². The molecule has 1 aromatic heterocycles. The number of carbonyl (C=O) groups excluding carboxylic acids is 1. The molecule has 21 heavy (non-hydrogen) atoms. The Morgan fingerprint density at radius 2 is 2.00 bits per heavy atom. The summed E-state index contributed by atoms with van der Waals surface area (Å²) in [6.07, 6.45) is 4.48. The van der Waals surface area contributed by atoms with E-state index in [2.05, 4.69) is 41.0 Å². The van der Waals surface area contributed by atoms with Crippen molar-refractivity contribution in [1.82, 2.24) is 15.2 Å².